The zero-order chi connectivity index (χ0) is 18.4. The van der Waals surface area contributed by atoms with Crippen LogP contribution in [0.5, 0.6) is 0 Å². The van der Waals surface area contributed by atoms with Crippen molar-refractivity contribution in [1.82, 2.24) is 19.9 Å². The summed E-state index contributed by atoms with van der Waals surface area (Å²) in [4.78, 5) is 17.8. The maximum atomic E-state index is 12.9. The van der Waals surface area contributed by atoms with Crippen molar-refractivity contribution in [2.45, 2.75) is 31.8 Å². The normalized spacial score (nSPS) is 30.6. The van der Waals surface area contributed by atoms with Crippen LogP contribution < -0.4 is 15.5 Å². The lowest BCUT2D eigenvalue weighted by Crippen LogP contribution is -2.57. The maximum absolute atomic E-state index is 12.9. The fourth-order valence-corrected chi connectivity index (χ4v) is 5.67. The summed E-state index contributed by atoms with van der Waals surface area (Å²) in [6.45, 7) is 8.64. The molecule has 0 aliphatic carbocycles. The number of anilines is 1. The van der Waals surface area contributed by atoms with Crippen molar-refractivity contribution >= 4 is 33.2 Å². The van der Waals surface area contributed by atoms with Gasteiger partial charge in [-0.2, -0.15) is 4.37 Å². The molecule has 6 rings (SSSR count). The van der Waals surface area contributed by atoms with Crippen LogP contribution in [0.2, 0.25) is 0 Å². The van der Waals surface area contributed by atoms with Crippen LogP contribution in [0.3, 0.4) is 0 Å². The molecule has 2 bridgehead atoms. The van der Waals surface area contributed by atoms with Crippen molar-refractivity contribution in [2.24, 2.45) is 5.92 Å². The Morgan fingerprint density at radius 2 is 2.15 bits per heavy atom. The third kappa shape index (κ3) is 3.22. The number of amides is 1. The Labute approximate surface area is 164 Å². The number of piperazine rings is 1. The summed E-state index contributed by atoms with van der Waals surface area (Å²) in [5, 5.41) is 7.68. The molecule has 0 saturated carbocycles. The summed E-state index contributed by atoms with van der Waals surface area (Å²) in [7, 11) is 0. The topological polar surface area (TPSA) is 60.5 Å². The summed E-state index contributed by atoms with van der Waals surface area (Å²) in [6, 6.07) is 7.17. The van der Waals surface area contributed by atoms with E-state index in [1.165, 1.54) is 43.2 Å². The molecule has 1 unspecified atom stereocenters. The Hall–Kier alpha value is -1.70. The highest BCUT2D eigenvalue weighted by molar-refractivity contribution is 7.13. The van der Waals surface area contributed by atoms with E-state index in [0.717, 1.165) is 36.3 Å². The van der Waals surface area contributed by atoms with Gasteiger partial charge in [0.1, 0.15) is 5.69 Å². The van der Waals surface area contributed by atoms with Crippen LogP contribution in [0.4, 0.5) is 5.69 Å². The van der Waals surface area contributed by atoms with Gasteiger partial charge in [0.15, 0.2) is 0 Å². The summed E-state index contributed by atoms with van der Waals surface area (Å²) in [5.74, 6) is 0.618. The number of benzene rings is 1. The molecule has 1 amide bonds. The number of hydrogen-bond donors (Lipinski definition) is 2. The van der Waals surface area contributed by atoms with Gasteiger partial charge in [0.05, 0.1) is 4.70 Å². The van der Waals surface area contributed by atoms with Gasteiger partial charge in [-0.1, -0.05) is 0 Å². The Bertz CT molecular complexity index is 844. The molecule has 1 aromatic heterocycles. The second kappa shape index (κ2) is 7.04. The first kappa shape index (κ1) is 17.4. The fourth-order valence-electron chi connectivity index (χ4n) is 4.86. The number of rotatable bonds is 3. The third-order valence-corrected chi connectivity index (χ3v) is 7.28. The van der Waals surface area contributed by atoms with Crippen molar-refractivity contribution in [2.75, 3.05) is 44.2 Å². The predicted molar refractivity (Wildman–Crippen MR) is 110 cm³/mol. The first-order chi connectivity index (χ1) is 13.2. The predicted octanol–water partition coefficient (Wildman–Crippen LogP) is 1.92. The van der Waals surface area contributed by atoms with Gasteiger partial charge in [-0.05, 0) is 68.5 Å². The van der Waals surface area contributed by atoms with E-state index in [2.05, 4.69) is 49.9 Å². The fraction of sp³-hybridized carbons (Fsp3) is 0.600. The molecule has 4 aliphatic heterocycles. The molecule has 2 aromatic rings. The van der Waals surface area contributed by atoms with E-state index in [1.54, 1.807) is 0 Å². The zero-order valence-corrected chi connectivity index (χ0v) is 16.6. The summed E-state index contributed by atoms with van der Waals surface area (Å²) >= 11 is 1.44. The second-order valence-electron chi connectivity index (χ2n) is 8.18. The largest absolute Gasteiger partial charge is 0.366 e. The molecule has 4 fully saturated rings. The van der Waals surface area contributed by atoms with Crippen molar-refractivity contribution in [1.29, 1.82) is 0 Å². The van der Waals surface area contributed by atoms with Gasteiger partial charge in [0.2, 0.25) is 0 Å². The van der Waals surface area contributed by atoms with Gasteiger partial charge in [-0.25, -0.2) is 0 Å². The number of nitrogens with zero attached hydrogens (tertiary/aromatic N) is 3. The molecule has 5 heterocycles. The SMILES string of the molecule is CC1CNCCN1c1ccc2c(C(=O)N[C@@H]3CN4CCC3CC4)nsc2c1. The number of carbonyl (C=O) groups excluding carboxylic acids is 1. The van der Waals surface area contributed by atoms with Gasteiger partial charge in [-0.15, -0.1) is 0 Å². The second-order valence-corrected chi connectivity index (χ2v) is 8.98. The van der Waals surface area contributed by atoms with E-state index in [-0.39, 0.29) is 11.9 Å². The molecule has 7 heteroatoms. The van der Waals surface area contributed by atoms with Crippen molar-refractivity contribution in [3.05, 3.63) is 23.9 Å². The Balaban J connectivity index is 1.35. The smallest absolute Gasteiger partial charge is 0.271 e. The number of carbonyl (C=O) groups is 1. The third-order valence-electron chi connectivity index (χ3n) is 6.48. The van der Waals surface area contributed by atoms with Crippen LogP contribution in [0.1, 0.15) is 30.3 Å². The van der Waals surface area contributed by atoms with Crippen molar-refractivity contribution in [3.8, 4) is 0 Å². The van der Waals surface area contributed by atoms with Crippen LogP contribution >= 0.6 is 11.5 Å². The van der Waals surface area contributed by atoms with Crippen LogP contribution in [-0.4, -0.2) is 66.5 Å². The highest BCUT2D eigenvalue weighted by atomic mass is 32.1. The van der Waals surface area contributed by atoms with Gasteiger partial charge in [0, 0.05) is 49.3 Å². The monoisotopic (exact) mass is 385 g/mol. The molecule has 6 nitrogen and oxygen atoms in total. The van der Waals surface area contributed by atoms with E-state index in [1.807, 2.05) is 0 Å². The number of aromatic nitrogens is 1. The van der Waals surface area contributed by atoms with E-state index >= 15 is 0 Å². The molecule has 0 radical (unpaired) electrons. The minimum Gasteiger partial charge on any atom is -0.366 e. The Morgan fingerprint density at radius 1 is 1.30 bits per heavy atom. The van der Waals surface area contributed by atoms with Gasteiger partial charge < -0.3 is 20.4 Å². The van der Waals surface area contributed by atoms with E-state index in [9.17, 15) is 4.79 Å². The average molecular weight is 386 g/mol. The van der Waals surface area contributed by atoms with Gasteiger partial charge in [0.25, 0.3) is 5.91 Å². The molecular formula is C20H27N5OS. The van der Waals surface area contributed by atoms with E-state index in [4.69, 9.17) is 0 Å². The molecule has 0 spiro atoms. The average Bonchev–Trinajstić information content (AvgIpc) is 3.12. The highest BCUT2D eigenvalue weighted by Crippen LogP contribution is 2.31. The van der Waals surface area contributed by atoms with Crippen LogP contribution in [0.25, 0.3) is 10.1 Å². The standard InChI is InChI=1S/C20H27N5OS/c1-13-11-21-6-9-25(13)15-2-3-16-18(10-15)27-23-19(16)20(26)22-17-12-24-7-4-14(17)5-8-24/h2-3,10,13-14,17,21H,4-9,11-12H2,1H3,(H,22,26)/t13?,17-/m1/s1. The van der Waals surface area contributed by atoms with E-state index < -0.39 is 0 Å². The van der Waals surface area contributed by atoms with Gasteiger partial charge >= 0.3 is 0 Å². The maximum Gasteiger partial charge on any atom is 0.271 e. The zero-order valence-electron chi connectivity index (χ0n) is 15.8. The number of hydrogen-bond acceptors (Lipinski definition) is 6. The quantitative estimate of drug-likeness (QED) is 0.845. The van der Waals surface area contributed by atoms with Crippen LogP contribution in [0.15, 0.2) is 18.2 Å². The minimum atomic E-state index is -0.0108. The minimum absolute atomic E-state index is 0.0108. The molecule has 27 heavy (non-hydrogen) atoms. The van der Waals surface area contributed by atoms with Crippen molar-refractivity contribution < 1.29 is 4.79 Å². The summed E-state index contributed by atoms with van der Waals surface area (Å²) in [5.41, 5.74) is 1.82. The lowest BCUT2D eigenvalue weighted by molar-refractivity contribution is 0.0619. The molecule has 2 atom stereocenters. The van der Waals surface area contributed by atoms with E-state index in [0.29, 0.717) is 17.7 Å². The molecule has 1 aromatic carbocycles. The van der Waals surface area contributed by atoms with Crippen LogP contribution in [0, 0.1) is 5.92 Å². The molecule has 4 saturated heterocycles. The lowest BCUT2D eigenvalue weighted by atomic mass is 9.84. The first-order valence-corrected chi connectivity index (χ1v) is 10.9. The number of nitrogens with one attached hydrogen (secondary N) is 2. The number of piperidine rings is 3. The Morgan fingerprint density at radius 3 is 2.89 bits per heavy atom. The molecule has 2 N–H and O–H groups in total. The van der Waals surface area contributed by atoms with Crippen LogP contribution in [-0.2, 0) is 0 Å². The summed E-state index contributed by atoms with van der Waals surface area (Å²) < 4.78 is 5.61. The molecule has 4 aliphatic rings. The van der Waals surface area contributed by atoms with Crippen molar-refractivity contribution in [3.63, 3.8) is 0 Å². The number of fused-ring (bicyclic) bond motifs is 4. The Kier molecular flexibility index (Phi) is 4.53. The highest BCUT2D eigenvalue weighted by Gasteiger charge is 2.35. The first-order valence-electron chi connectivity index (χ1n) is 10.1. The molecular weight excluding hydrogens is 358 g/mol. The molecule has 144 valence electrons. The lowest BCUT2D eigenvalue weighted by Gasteiger charge is -2.44. The van der Waals surface area contributed by atoms with Gasteiger partial charge in [-0.3, -0.25) is 4.79 Å². The summed E-state index contributed by atoms with van der Waals surface area (Å²) in [6.07, 6.45) is 2.41.